The van der Waals surface area contributed by atoms with E-state index in [1.165, 1.54) is 11.1 Å². The summed E-state index contributed by atoms with van der Waals surface area (Å²) in [4.78, 5) is 4.26. The topological polar surface area (TPSA) is 38.4 Å². The monoisotopic (exact) mass is 190 g/mol. The van der Waals surface area contributed by atoms with Gasteiger partial charge in [0.05, 0.1) is 5.84 Å². The van der Waals surface area contributed by atoms with Gasteiger partial charge in [-0.2, -0.15) is 0 Å². The van der Waals surface area contributed by atoms with Crippen LogP contribution >= 0.6 is 0 Å². The fraction of sp³-hybridized carbons (Fsp3) is 0.417. The normalized spacial score (nSPS) is 11.7. The first-order valence-electron chi connectivity index (χ1n) is 5.06. The van der Waals surface area contributed by atoms with Gasteiger partial charge in [-0.25, -0.2) is 0 Å². The van der Waals surface area contributed by atoms with Crippen LogP contribution in [0.5, 0.6) is 0 Å². The van der Waals surface area contributed by atoms with E-state index in [1.807, 2.05) is 6.92 Å². The molecular weight excluding hydrogens is 172 g/mol. The predicted molar refractivity (Wildman–Crippen MR) is 61.7 cm³/mol. The summed E-state index contributed by atoms with van der Waals surface area (Å²) in [5.74, 6) is 0.748. The van der Waals surface area contributed by atoms with Crippen molar-refractivity contribution in [3.63, 3.8) is 0 Å². The molecule has 0 radical (unpaired) electrons. The predicted octanol–water partition coefficient (Wildman–Crippen LogP) is 2.30. The molecule has 0 aromatic heterocycles. The first-order valence-corrected chi connectivity index (χ1v) is 5.06. The minimum atomic E-state index is 0.748. The van der Waals surface area contributed by atoms with Gasteiger partial charge in [0.2, 0.25) is 0 Å². The number of nitrogens with zero attached hydrogens (tertiary/aromatic N) is 1. The Kier molecular flexibility index (Phi) is 4.17. The first-order chi connectivity index (χ1) is 6.72. The Bertz CT molecular complexity index is 316. The summed E-state index contributed by atoms with van der Waals surface area (Å²) in [6, 6.07) is 8.51. The van der Waals surface area contributed by atoms with Crippen LogP contribution < -0.4 is 5.73 Å². The minimum absolute atomic E-state index is 0.748. The Labute approximate surface area is 85.9 Å². The Morgan fingerprint density at radius 3 is 2.86 bits per heavy atom. The Hall–Kier alpha value is -1.31. The van der Waals surface area contributed by atoms with Crippen LogP contribution in [0.15, 0.2) is 29.3 Å². The van der Waals surface area contributed by atoms with E-state index >= 15 is 0 Å². The van der Waals surface area contributed by atoms with Crippen LogP contribution in [0.4, 0.5) is 0 Å². The molecule has 0 spiro atoms. The molecule has 0 heterocycles. The van der Waals surface area contributed by atoms with E-state index in [0.717, 1.165) is 25.2 Å². The average Bonchev–Trinajstić information content (AvgIpc) is 2.17. The summed E-state index contributed by atoms with van der Waals surface area (Å²) in [6.07, 6.45) is 1.82. The molecule has 0 aliphatic heterocycles. The number of rotatable bonds is 4. The third-order valence-electron chi connectivity index (χ3n) is 2.16. The quantitative estimate of drug-likeness (QED) is 0.574. The summed E-state index contributed by atoms with van der Waals surface area (Å²) in [5.41, 5.74) is 8.25. The molecule has 2 N–H and O–H groups in total. The lowest BCUT2D eigenvalue weighted by atomic mass is 10.1. The summed E-state index contributed by atoms with van der Waals surface area (Å²) in [5, 5.41) is 0. The number of aryl methyl sites for hydroxylation is 1. The highest BCUT2D eigenvalue weighted by Gasteiger charge is 1.92. The highest BCUT2D eigenvalue weighted by molar-refractivity contribution is 5.79. The van der Waals surface area contributed by atoms with Crippen molar-refractivity contribution in [2.24, 2.45) is 10.7 Å². The van der Waals surface area contributed by atoms with Crippen molar-refractivity contribution < 1.29 is 0 Å². The lowest BCUT2D eigenvalue weighted by Gasteiger charge is -2.00. The average molecular weight is 190 g/mol. The van der Waals surface area contributed by atoms with Crippen molar-refractivity contribution in [1.29, 1.82) is 0 Å². The van der Waals surface area contributed by atoms with Crippen LogP contribution in [0, 0.1) is 6.92 Å². The molecule has 0 aliphatic rings. The second-order valence-electron chi connectivity index (χ2n) is 3.47. The van der Waals surface area contributed by atoms with E-state index in [2.05, 4.69) is 36.2 Å². The lowest BCUT2D eigenvalue weighted by Crippen LogP contribution is -2.10. The van der Waals surface area contributed by atoms with Crippen LogP contribution in [0.25, 0.3) is 0 Å². The molecule has 2 heteroatoms. The van der Waals surface area contributed by atoms with Crippen molar-refractivity contribution >= 4 is 5.84 Å². The highest BCUT2D eigenvalue weighted by Crippen LogP contribution is 2.04. The molecule has 0 aliphatic carbocycles. The number of nitrogens with two attached hydrogens (primary N) is 1. The molecule has 0 fully saturated rings. The lowest BCUT2D eigenvalue weighted by molar-refractivity contribution is 0.954. The van der Waals surface area contributed by atoms with Crippen LogP contribution in [-0.2, 0) is 6.42 Å². The second kappa shape index (κ2) is 5.43. The van der Waals surface area contributed by atoms with Gasteiger partial charge in [0.25, 0.3) is 0 Å². The summed E-state index contributed by atoms with van der Waals surface area (Å²) >= 11 is 0. The Morgan fingerprint density at radius 1 is 1.43 bits per heavy atom. The number of hydrogen-bond acceptors (Lipinski definition) is 1. The fourth-order valence-corrected chi connectivity index (χ4v) is 1.31. The molecular formula is C12H18N2. The van der Waals surface area contributed by atoms with Gasteiger partial charge in [-0.05, 0) is 18.9 Å². The van der Waals surface area contributed by atoms with E-state index in [-0.39, 0.29) is 0 Å². The summed E-state index contributed by atoms with van der Waals surface area (Å²) in [6.45, 7) is 4.92. The molecule has 14 heavy (non-hydrogen) atoms. The van der Waals surface area contributed by atoms with Gasteiger partial charge in [-0.1, -0.05) is 36.8 Å². The van der Waals surface area contributed by atoms with E-state index in [0.29, 0.717) is 0 Å². The fourth-order valence-electron chi connectivity index (χ4n) is 1.31. The zero-order chi connectivity index (χ0) is 10.4. The Balaban J connectivity index is 2.46. The van der Waals surface area contributed by atoms with Gasteiger partial charge in [-0.3, -0.25) is 4.99 Å². The zero-order valence-electron chi connectivity index (χ0n) is 8.96. The van der Waals surface area contributed by atoms with Crippen molar-refractivity contribution in [2.45, 2.75) is 26.7 Å². The molecule has 1 rings (SSSR count). The SMILES string of the molecule is CCC(N)=NCCc1cccc(C)c1. The third kappa shape index (κ3) is 3.60. The third-order valence-corrected chi connectivity index (χ3v) is 2.16. The van der Waals surface area contributed by atoms with E-state index < -0.39 is 0 Å². The van der Waals surface area contributed by atoms with Crippen LogP contribution in [0.1, 0.15) is 24.5 Å². The van der Waals surface area contributed by atoms with Crippen LogP contribution in [0.3, 0.4) is 0 Å². The molecule has 0 bridgehead atoms. The highest BCUT2D eigenvalue weighted by atomic mass is 14.8. The molecule has 1 aromatic carbocycles. The molecule has 0 atom stereocenters. The number of benzene rings is 1. The van der Waals surface area contributed by atoms with Gasteiger partial charge in [0.1, 0.15) is 0 Å². The maximum absolute atomic E-state index is 5.62. The molecule has 76 valence electrons. The molecule has 0 unspecified atom stereocenters. The maximum atomic E-state index is 5.62. The second-order valence-corrected chi connectivity index (χ2v) is 3.47. The van der Waals surface area contributed by atoms with Crippen molar-refractivity contribution in [2.75, 3.05) is 6.54 Å². The van der Waals surface area contributed by atoms with E-state index in [9.17, 15) is 0 Å². The van der Waals surface area contributed by atoms with Crippen LogP contribution in [0.2, 0.25) is 0 Å². The number of hydrogen-bond donors (Lipinski definition) is 1. The van der Waals surface area contributed by atoms with Gasteiger partial charge in [-0.15, -0.1) is 0 Å². The van der Waals surface area contributed by atoms with Gasteiger partial charge >= 0.3 is 0 Å². The smallest absolute Gasteiger partial charge is 0.0934 e. The maximum Gasteiger partial charge on any atom is 0.0934 e. The molecule has 0 saturated carbocycles. The van der Waals surface area contributed by atoms with Crippen molar-refractivity contribution in [1.82, 2.24) is 0 Å². The first kappa shape index (κ1) is 10.8. The zero-order valence-corrected chi connectivity index (χ0v) is 8.96. The van der Waals surface area contributed by atoms with Crippen molar-refractivity contribution in [3.8, 4) is 0 Å². The van der Waals surface area contributed by atoms with E-state index in [4.69, 9.17) is 5.73 Å². The molecule has 1 aromatic rings. The minimum Gasteiger partial charge on any atom is -0.387 e. The summed E-state index contributed by atoms with van der Waals surface area (Å²) in [7, 11) is 0. The van der Waals surface area contributed by atoms with Crippen molar-refractivity contribution in [3.05, 3.63) is 35.4 Å². The van der Waals surface area contributed by atoms with Crippen LogP contribution in [-0.4, -0.2) is 12.4 Å². The largest absolute Gasteiger partial charge is 0.387 e. The molecule has 2 nitrogen and oxygen atoms in total. The van der Waals surface area contributed by atoms with Gasteiger partial charge in [0.15, 0.2) is 0 Å². The summed E-state index contributed by atoms with van der Waals surface area (Å²) < 4.78 is 0. The van der Waals surface area contributed by atoms with E-state index in [1.54, 1.807) is 0 Å². The van der Waals surface area contributed by atoms with Gasteiger partial charge in [0, 0.05) is 13.0 Å². The molecule has 0 saturated heterocycles. The standard InChI is InChI=1S/C12H18N2/c1-3-12(13)14-8-7-11-6-4-5-10(2)9-11/h4-6,9H,3,7-8H2,1-2H3,(H2,13,14). The number of aliphatic imine (C=N–C) groups is 1. The van der Waals surface area contributed by atoms with Gasteiger partial charge < -0.3 is 5.73 Å². The Morgan fingerprint density at radius 2 is 2.21 bits per heavy atom. The number of amidine groups is 1. The molecule has 0 amide bonds.